The number of nitrogens with zero attached hydrogens (tertiary/aromatic N) is 1. The number of aliphatic hydroxyl groups excluding tert-OH is 1. The van der Waals surface area contributed by atoms with Gasteiger partial charge in [-0.05, 0) is 18.6 Å². The molecule has 0 saturated carbocycles. The Morgan fingerprint density at radius 3 is 3.08 bits per heavy atom. The van der Waals surface area contributed by atoms with E-state index in [1.807, 2.05) is 12.1 Å². The summed E-state index contributed by atoms with van der Waals surface area (Å²) in [6, 6.07) is 3.81. The zero-order valence-corrected chi connectivity index (χ0v) is 7.20. The highest BCUT2D eigenvalue weighted by molar-refractivity contribution is 5.49. The molecule has 1 N–H and O–H groups in total. The average Bonchev–Trinajstić information content (AvgIpc) is 2.04. The van der Waals surface area contributed by atoms with Gasteiger partial charge in [-0.25, -0.2) is 0 Å². The van der Waals surface area contributed by atoms with E-state index >= 15 is 0 Å². The normalized spacial score (nSPS) is 12.5. The molecule has 1 unspecified atom stereocenters. The minimum atomic E-state index is -0.349. The number of hydrogen-bond acceptors (Lipinski definition) is 2. The van der Waals surface area contributed by atoms with Gasteiger partial charge in [-0.3, -0.25) is 4.98 Å². The van der Waals surface area contributed by atoms with Crippen LogP contribution in [-0.4, -0.2) is 16.2 Å². The molecule has 0 aliphatic carbocycles. The molecule has 12 heavy (non-hydrogen) atoms. The molecule has 2 heteroatoms. The zero-order valence-electron chi connectivity index (χ0n) is 7.20. The molecule has 0 fully saturated rings. The minimum absolute atomic E-state index is 0.349. The molecule has 1 heterocycles. The average molecular weight is 163 g/mol. The summed E-state index contributed by atoms with van der Waals surface area (Å²) in [6.07, 6.45) is 3.72. The summed E-state index contributed by atoms with van der Waals surface area (Å²) in [5, 5.41) is 9.15. The predicted molar refractivity (Wildman–Crippen MR) is 49.7 cm³/mol. The van der Waals surface area contributed by atoms with Crippen LogP contribution in [0.1, 0.15) is 18.2 Å². The van der Waals surface area contributed by atoms with E-state index in [0.717, 1.165) is 11.3 Å². The van der Waals surface area contributed by atoms with Crippen molar-refractivity contribution in [2.24, 2.45) is 0 Å². The first-order valence-electron chi connectivity index (χ1n) is 3.98. The monoisotopic (exact) mass is 163 g/mol. The first kappa shape index (κ1) is 8.94. The van der Waals surface area contributed by atoms with Crippen molar-refractivity contribution in [3.63, 3.8) is 0 Å². The second kappa shape index (κ2) is 4.02. The molecule has 0 aliphatic heterocycles. The molecule has 0 aliphatic rings. The summed E-state index contributed by atoms with van der Waals surface area (Å²) in [5.74, 6) is 0. The molecular weight excluding hydrogens is 150 g/mol. The standard InChI is InChI=1S/C10H13NO/c1-3-9-5-4-6-11-10(9)7-8(2)12/h3-6,8,12H,1,7H2,2H3. The van der Waals surface area contributed by atoms with Gasteiger partial charge in [-0.1, -0.05) is 18.7 Å². The van der Waals surface area contributed by atoms with Gasteiger partial charge in [0.2, 0.25) is 0 Å². The third-order valence-corrected chi connectivity index (χ3v) is 1.63. The number of rotatable bonds is 3. The van der Waals surface area contributed by atoms with Crippen LogP contribution in [-0.2, 0) is 6.42 Å². The van der Waals surface area contributed by atoms with Gasteiger partial charge in [-0.2, -0.15) is 0 Å². The molecule has 1 aromatic heterocycles. The summed E-state index contributed by atoms with van der Waals surface area (Å²) in [5.41, 5.74) is 1.90. The van der Waals surface area contributed by atoms with Crippen molar-refractivity contribution in [3.05, 3.63) is 36.2 Å². The molecular formula is C10H13NO. The van der Waals surface area contributed by atoms with Gasteiger partial charge >= 0.3 is 0 Å². The third kappa shape index (κ3) is 2.17. The fourth-order valence-electron chi connectivity index (χ4n) is 1.09. The maximum Gasteiger partial charge on any atom is 0.0567 e. The third-order valence-electron chi connectivity index (χ3n) is 1.63. The minimum Gasteiger partial charge on any atom is -0.393 e. The van der Waals surface area contributed by atoms with Crippen molar-refractivity contribution in [2.75, 3.05) is 0 Å². The van der Waals surface area contributed by atoms with E-state index in [1.165, 1.54) is 0 Å². The summed E-state index contributed by atoms with van der Waals surface area (Å²) in [6.45, 7) is 5.43. The van der Waals surface area contributed by atoms with Gasteiger partial charge in [0.25, 0.3) is 0 Å². The summed E-state index contributed by atoms with van der Waals surface area (Å²) in [4.78, 5) is 4.16. The van der Waals surface area contributed by atoms with Crippen LogP contribution in [0.15, 0.2) is 24.9 Å². The van der Waals surface area contributed by atoms with Crippen molar-refractivity contribution < 1.29 is 5.11 Å². The van der Waals surface area contributed by atoms with Gasteiger partial charge in [0.1, 0.15) is 0 Å². The van der Waals surface area contributed by atoms with Crippen LogP contribution in [0.4, 0.5) is 0 Å². The molecule has 0 radical (unpaired) electrons. The molecule has 2 nitrogen and oxygen atoms in total. The molecule has 0 spiro atoms. The van der Waals surface area contributed by atoms with Gasteiger partial charge < -0.3 is 5.11 Å². The van der Waals surface area contributed by atoms with Crippen LogP contribution >= 0.6 is 0 Å². The summed E-state index contributed by atoms with van der Waals surface area (Å²) in [7, 11) is 0. The Morgan fingerprint density at radius 2 is 2.50 bits per heavy atom. The molecule has 1 aromatic rings. The maximum atomic E-state index is 9.15. The van der Waals surface area contributed by atoms with Gasteiger partial charge in [0, 0.05) is 12.6 Å². The fraction of sp³-hybridized carbons (Fsp3) is 0.300. The molecule has 0 saturated heterocycles. The van der Waals surface area contributed by atoms with E-state index in [1.54, 1.807) is 19.2 Å². The highest BCUT2D eigenvalue weighted by Gasteiger charge is 2.03. The van der Waals surface area contributed by atoms with Crippen LogP contribution in [0.2, 0.25) is 0 Å². The van der Waals surface area contributed by atoms with Crippen LogP contribution in [0.3, 0.4) is 0 Å². The van der Waals surface area contributed by atoms with Crippen LogP contribution in [0.25, 0.3) is 6.08 Å². The molecule has 0 bridgehead atoms. The topological polar surface area (TPSA) is 33.1 Å². The lowest BCUT2D eigenvalue weighted by Crippen LogP contribution is -2.07. The zero-order chi connectivity index (χ0) is 8.97. The molecule has 0 amide bonds. The second-order valence-electron chi connectivity index (χ2n) is 2.80. The van der Waals surface area contributed by atoms with Crippen LogP contribution in [0.5, 0.6) is 0 Å². The SMILES string of the molecule is C=Cc1cccnc1CC(C)O. The first-order chi connectivity index (χ1) is 5.74. The van der Waals surface area contributed by atoms with Crippen molar-refractivity contribution in [1.82, 2.24) is 4.98 Å². The number of hydrogen-bond donors (Lipinski definition) is 1. The molecule has 0 aromatic carbocycles. The van der Waals surface area contributed by atoms with Crippen molar-refractivity contribution in [3.8, 4) is 0 Å². The Morgan fingerprint density at radius 1 is 1.75 bits per heavy atom. The van der Waals surface area contributed by atoms with E-state index in [-0.39, 0.29) is 6.10 Å². The Kier molecular flexibility index (Phi) is 3.00. The van der Waals surface area contributed by atoms with E-state index in [9.17, 15) is 0 Å². The lowest BCUT2D eigenvalue weighted by molar-refractivity contribution is 0.194. The highest BCUT2D eigenvalue weighted by Crippen LogP contribution is 2.08. The molecule has 1 atom stereocenters. The summed E-state index contributed by atoms with van der Waals surface area (Å²) < 4.78 is 0. The number of aromatic nitrogens is 1. The van der Waals surface area contributed by atoms with Crippen molar-refractivity contribution in [2.45, 2.75) is 19.4 Å². The molecule has 1 rings (SSSR count). The van der Waals surface area contributed by atoms with Crippen molar-refractivity contribution >= 4 is 6.08 Å². The largest absolute Gasteiger partial charge is 0.393 e. The van der Waals surface area contributed by atoms with Crippen molar-refractivity contribution in [1.29, 1.82) is 0 Å². The van der Waals surface area contributed by atoms with Crippen LogP contribution in [0, 0.1) is 0 Å². The van der Waals surface area contributed by atoms with Gasteiger partial charge in [0.15, 0.2) is 0 Å². The Balaban J connectivity index is 2.89. The molecule has 64 valence electrons. The smallest absolute Gasteiger partial charge is 0.0567 e. The maximum absolute atomic E-state index is 9.15. The highest BCUT2D eigenvalue weighted by atomic mass is 16.3. The Bertz CT molecular complexity index is 268. The summed E-state index contributed by atoms with van der Waals surface area (Å²) >= 11 is 0. The fourth-order valence-corrected chi connectivity index (χ4v) is 1.09. The quantitative estimate of drug-likeness (QED) is 0.735. The lowest BCUT2D eigenvalue weighted by atomic mass is 10.1. The van der Waals surface area contributed by atoms with Gasteiger partial charge in [0.05, 0.1) is 11.8 Å². The number of pyridine rings is 1. The Hall–Kier alpha value is -1.15. The second-order valence-corrected chi connectivity index (χ2v) is 2.80. The lowest BCUT2D eigenvalue weighted by Gasteiger charge is -2.05. The van der Waals surface area contributed by atoms with E-state index in [0.29, 0.717) is 6.42 Å². The van der Waals surface area contributed by atoms with E-state index in [2.05, 4.69) is 11.6 Å². The van der Waals surface area contributed by atoms with Gasteiger partial charge in [-0.15, -0.1) is 0 Å². The van der Waals surface area contributed by atoms with E-state index in [4.69, 9.17) is 5.11 Å². The first-order valence-corrected chi connectivity index (χ1v) is 3.98. The number of aliphatic hydroxyl groups is 1. The predicted octanol–water partition coefficient (Wildman–Crippen LogP) is 1.65. The van der Waals surface area contributed by atoms with Crippen LogP contribution < -0.4 is 0 Å². The van der Waals surface area contributed by atoms with E-state index < -0.39 is 0 Å². The Labute approximate surface area is 72.6 Å².